The zero-order valence-electron chi connectivity index (χ0n) is 8.27. The molecule has 0 fully saturated rings. The van der Waals surface area contributed by atoms with E-state index in [0.717, 1.165) is 0 Å². The molecule has 0 saturated heterocycles. The van der Waals surface area contributed by atoms with Gasteiger partial charge in [0.25, 0.3) is 0 Å². The quantitative estimate of drug-likeness (QED) is 0.468. The smallest absolute Gasteiger partial charge is 0.311 e. The van der Waals surface area contributed by atoms with Crippen molar-refractivity contribution in [3.63, 3.8) is 0 Å². The van der Waals surface area contributed by atoms with E-state index in [1.54, 1.807) is 6.08 Å². The van der Waals surface area contributed by atoms with Gasteiger partial charge in [0, 0.05) is 11.6 Å². The number of aromatic hydroxyl groups is 1. The van der Waals surface area contributed by atoms with Gasteiger partial charge in [-0.1, -0.05) is 6.08 Å². The molecule has 1 aromatic rings. The molecule has 0 aromatic heterocycles. The molecular weight excluding hydrogens is 198 g/mol. The van der Waals surface area contributed by atoms with E-state index in [0.29, 0.717) is 17.7 Å². The number of rotatable bonds is 4. The lowest BCUT2D eigenvalue weighted by Crippen LogP contribution is -1.96. The van der Waals surface area contributed by atoms with Crippen molar-refractivity contribution in [1.29, 1.82) is 0 Å². The standard InChI is InChI=1S/C10H11NO4/c1-3-4-7-9(15-2)6-5-8(10(7)12)11(13)14/h3,5-6,12H,1,4H2,2H3. The molecule has 15 heavy (non-hydrogen) atoms. The van der Waals surface area contributed by atoms with E-state index < -0.39 is 4.92 Å². The van der Waals surface area contributed by atoms with E-state index >= 15 is 0 Å². The molecule has 0 heterocycles. The number of phenolic OH excluding ortho intramolecular Hbond substituents is 1. The van der Waals surface area contributed by atoms with Crippen molar-refractivity contribution in [3.8, 4) is 11.5 Å². The Morgan fingerprint density at radius 1 is 1.67 bits per heavy atom. The lowest BCUT2D eigenvalue weighted by atomic mass is 10.1. The maximum atomic E-state index is 10.6. The molecule has 0 radical (unpaired) electrons. The highest BCUT2D eigenvalue weighted by Crippen LogP contribution is 2.36. The molecule has 0 saturated carbocycles. The Morgan fingerprint density at radius 3 is 2.80 bits per heavy atom. The summed E-state index contributed by atoms with van der Waals surface area (Å²) in [6.07, 6.45) is 1.86. The van der Waals surface area contributed by atoms with Crippen LogP contribution < -0.4 is 4.74 Å². The first-order valence-corrected chi connectivity index (χ1v) is 4.26. The van der Waals surface area contributed by atoms with Crippen molar-refractivity contribution in [2.45, 2.75) is 6.42 Å². The Bertz CT molecular complexity index is 401. The maximum Gasteiger partial charge on any atom is 0.311 e. The summed E-state index contributed by atoms with van der Waals surface area (Å²) < 4.78 is 4.98. The Balaban J connectivity index is 3.34. The van der Waals surface area contributed by atoms with Gasteiger partial charge in [-0.05, 0) is 12.5 Å². The highest BCUT2D eigenvalue weighted by atomic mass is 16.6. The summed E-state index contributed by atoms with van der Waals surface area (Å²) in [6, 6.07) is 2.66. The Kier molecular flexibility index (Phi) is 3.28. The van der Waals surface area contributed by atoms with Crippen LogP contribution in [0.3, 0.4) is 0 Å². The maximum absolute atomic E-state index is 10.6. The molecule has 0 amide bonds. The number of allylic oxidation sites excluding steroid dienone is 1. The second kappa shape index (κ2) is 4.45. The Labute approximate surface area is 86.8 Å². The summed E-state index contributed by atoms with van der Waals surface area (Å²) in [5, 5.41) is 20.2. The lowest BCUT2D eigenvalue weighted by Gasteiger charge is -2.08. The van der Waals surface area contributed by atoms with Crippen molar-refractivity contribution >= 4 is 5.69 Å². The topological polar surface area (TPSA) is 72.6 Å². The van der Waals surface area contributed by atoms with Crippen LogP contribution in [0.2, 0.25) is 0 Å². The van der Waals surface area contributed by atoms with Crippen molar-refractivity contribution in [2.75, 3.05) is 7.11 Å². The van der Waals surface area contributed by atoms with Crippen LogP contribution in [0.25, 0.3) is 0 Å². The highest BCUT2D eigenvalue weighted by molar-refractivity contribution is 5.57. The average molecular weight is 209 g/mol. The molecule has 5 heteroatoms. The predicted octanol–water partition coefficient (Wildman–Crippen LogP) is 2.04. The molecule has 1 rings (SSSR count). The van der Waals surface area contributed by atoms with Gasteiger partial charge in [0.2, 0.25) is 5.75 Å². The normalized spacial score (nSPS) is 9.67. The van der Waals surface area contributed by atoms with Crippen LogP contribution >= 0.6 is 0 Å². The minimum absolute atomic E-state index is 0.316. The van der Waals surface area contributed by atoms with Crippen LogP contribution in [0.4, 0.5) is 5.69 Å². The third-order valence-electron chi connectivity index (χ3n) is 1.98. The van der Waals surface area contributed by atoms with Gasteiger partial charge in [-0.25, -0.2) is 0 Å². The highest BCUT2D eigenvalue weighted by Gasteiger charge is 2.19. The number of nitrogens with zero attached hydrogens (tertiary/aromatic N) is 1. The first-order valence-electron chi connectivity index (χ1n) is 4.26. The zero-order valence-corrected chi connectivity index (χ0v) is 8.27. The number of benzene rings is 1. The van der Waals surface area contributed by atoms with E-state index in [4.69, 9.17) is 4.74 Å². The summed E-state index contributed by atoms with van der Waals surface area (Å²) >= 11 is 0. The molecule has 0 unspecified atom stereocenters. The Morgan fingerprint density at radius 2 is 2.33 bits per heavy atom. The number of methoxy groups -OCH3 is 1. The molecule has 0 aliphatic rings. The summed E-state index contributed by atoms with van der Waals surface area (Å²) in [6.45, 7) is 3.51. The van der Waals surface area contributed by atoms with Crippen LogP contribution in [-0.2, 0) is 6.42 Å². The van der Waals surface area contributed by atoms with E-state index in [9.17, 15) is 15.2 Å². The van der Waals surface area contributed by atoms with Gasteiger partial charge >= 0.3 is 5.69 Å². The SMILES string of the molecule is C=CCc1c(OC)ccc([N+](=O)[O-])c1O. The van der Waals surface area contributed by atoms with Gasteiger partial charge in [0.1, 0.15) is 5.75 Å². The molecule has 0 spiro atoms. The van der Waals surface area contributed by atoms with E-state index in [2.05, 4.69) is 6.58 Å². The lowest BCUT2D eigenvalue weighted by molar-refractivity contribution is -0.385. The fraction of sp³-hybridized carbons (Fsp3) is 0.200. The summed E-state index contributed by atoms with van der Waals surface area (Å²) in [7, 11) is 1.44. The third kappa shape index (κ3) is 2.07. The van der Waals surface area contributed by atoms with Gasteiger partial charge < -0.3 is 9.84 Å². The predicted molar refractivity (Wildman–Crippen MR) is 55.2 cm³/mol. The van der Waals surface area contributed by atoms with Crippen LogP contribution in [-0.4, -0.2) is 17.1 Å². The third-order valence-corrected chi connectivity index (χ3v) is 1.98. The first kappa shape index (κ1) is 11.0. The monoisotopic (exact) mass is 209 g/mol. The summed E-state index contributed by atoms with van der Waals surface area (Å²) in [5.41, 5.74) is 0.0503. The van der Waals surface area contributed by atoms with Gasteiger partial charge in [0.05, 0.1) is 12.0 Å². The number of ether oxygens (including phenoxy) is 1. The van der Waals surface area contributed by atoms with Crippen molar-refractivity contribution < 1.29 is 14.8 Å². The molecule has 5 nitrogen and oxygen atoms in total. The number of nitro benzene ring substituents is 1. The molecule has 1 N–H and O–H groups in total. The molecule has 0 aliphatic carbocycles. The fourth-order valence-electron chi connectivity index (χ4n) is 1.29. The van der Waals surface area contributed by atoms with E-state index in [-0.39, 0.29) is 11.4 Å². The molecule has 0 aliphatic heterocycles. The van der Waals surface area contributed by atoms with Gasteiger partial charge in [-0.2, -0.15) is 0 Å². The van der Waals surface area contributed by atoms with Crippen LogP contribution in [0, 0.1) is 10.1 Å². The average Bonchev–Trinajstić information content (AvgIpc) is 2.20. The van der Waals surface area contributed by atoms with Crippen molar-refractivity contribution in [2.24, 2.45) is 0 Å². The van der Waals surface area contributed by atoms with Crippen LogP contribution in [0.5, 0.6) is 11.5 Å². The molecule has 0 bridgehead atoms. The molecule has 80 valence electrons. The van der Waals surface area contributed by atoms with Crippen molar-refractivity contribution in [1.82, 2.24) is 0 Å². The molecular formula is C10H11NO4. The van der Waals surface area contributed by atoms with Gasteiger partial charge in [-0.15, -0.1) is 6.58 Å². The fourth-order valence-corrected chi connectivity index (χ4v) is 1.29. The zero-order chi connectivity index (χ0) is 11.4. The minimum Gasteiger partial charge on any atom is -0.502 e. The summed E-state index contributed by atoms with van der Waals surface area (Å²) in [5.74, 6) is 0.0530. The minimum atomic E-state index is -0.638. The van der Waals surface area contributed by atoms with Crippen LogP contribution in [0.1, 0.15) is 5.56 Å². The number of hydrogen-bond donors (Lipinski definition) is 1. The van der Waals surface area contributed by atoms with Crippen LogP contribution in [0.15, 0.2) is 24.8 Å². The van der Waals surface area contributed by atoms with E-state index in [1.807, 2.05) is 0 Å². The Hall–Kier alpha value is -2.04. The summed E-state index contributed by atoms with van der Waals surface area (Å²) in [4.78, 5) is 9.92. The largest absolute Gasteiger partial charge is 0.502 e. The van der Waals surface area contributed by atoms with Gasteiger partial charge in [0.15, 0.2) is 0 Å². The second-order valence-electron chi connectivity index (χ2n) is 2.86. The van der Waals surface area contributed by atoms with Gasteiger partial charge in [-0.3, -0.25) is 10.1 Å². The number of hydrogen-bond acceptors (Lipinski definition) is 4. The number of phenols is 1. The molecule has 1 aromatic carbocycles. The second-order valence-corrected chi connectivity index (χ2v) is 2.86. The van der Waals surface area contributed by atoms with Crippen molar-refractivity contribution in [3.05, 3.63) is 40.5 Å². The van der Waals surface area contributed by atoms with E-state index in [1.165, 1.54) is 19.2 Å². The molecule has 0 atom stereocenters. The first-order chi connectivity index (χ1) is 7.11. The number of nitro groups is 1.